The smallest absolute Gasteiger partial charge is 0.220 e. The Morgan fingerprint density at radius 3 is 2.71 bits per heavy atom. The molecule has 24 heavy (non-hydrogen) atoms. The molecule has 136 valence electrons. The highest BCUT2D eigenvalue weighted by atomic mass is 35.5. The minimum Gasteiger partial charge on any atom is -0.384 e. The van der Waals surface area contributed by atoms with E-state index in [9.17, 15) is 13.6 Å². The summed E-state index contributed by atoms with van der Waals surface area (Å²) in [7, 11) is 1.67. The van der Waals surface area contributed by atoms with Gasteiger partial charge in [0.05, 0.1) is 6.61 Å². The molecule has 0 saturated carbocycles. The Hall–Kier alpha value is -1.24. The standard InChI is InChI=1S/C17H24F2N2O2.ClH/c1-23-12-17(6-8-20-9-7-17)11-21-16(22)5-2-13-10-14(18)3-4-15(13)19;/h3-4,10,20H,2,5-9,11-12H2,1H3,(H,21,22);1H. The molecule has 0 unspecified atom stereocenters. The van der Waals surface area contributed by atoms with Gasteiger partial charge in [0.25, 0.3) is 0 Å². The third-order valence-electron chi connectivity index (χ3n) is 4.40. The van der Waals surface area contributed by atoms with Crippen LogP contribution >= 0.6 is 12.4 Å². The molecule has 1 aromatic carbocycles. The first-order valence-electron chi connectivity index (χ1n) is 7.95. The summed E-state index contributed by atoms with van der Waals surface area (Å²) in [5, 5.41) is 6.22. The number of halogens is 3. The van der Waals surface area contributed by atoms with E-state index >= 15 is 0 Å². The number of aryl methyl sites for hydroxylation is 1. The summed E-state index contributed by atoms with van der Waals surface area (Å²) in [5.74, 6) is -1.12. The maximum atomic E-state index is 13.5. The van der Waals surface area contributed by atoms with Crippen molar-refractivity contribution in [1.29, 1.82) is 0 Å². The molecule has 0 atom stereocenters. The molecule has 0 radical (unpaired) electrons. The Morgan fingerprint density at radius 2 is 2.04 bits per heavy atom. The van der Waals surface area contributed by atoms with Gasteiger partial charge in [-0.15, -0.1) is 12.4 Å². The summed E-state index contributed by atoms with van der Waals surface area (Å²) >= 11 is 0. The van der Waals surface area contributed by atoms with Gasteiger partial charge in [-0.3, -0.25) is 4.79 Å². The average molecular weight is 363 g/mol. The highest BCUT2D eigenvalue weighted by molar-refractivity contribution is 5.85. The van der Waals surface area contributed by atoms with Crippen LogP contribution in [0.4, 0.5) is 8.78 Å². The van der Waals surface area contributed by atoms with Crippen molar-refractivity contribution >= 4 is 18.3 Å². The van der Waals surface area contributed by atoms with Crippen molar-refractivity contribution < 1.29 is 18.3 Å². The van der Waals surface area contributed by atoms with Gasteiger partial charge in [0.15, 0.2) is 0 Å². The third kappa shape index (κ3) is 6.00. The van der Waals surface area contributed by atoms with Gasteiger partial charge in [-0.2, -0.15) is 0 Å². The number of benzene rings is 1. The Kier molecular flexibility index (Phi) is 8.59. The Morgan fingerprint density at radius 1 is 1.33 bits per heavy atom. The number of hydrogen-bond donors (Lipinski definition) is 2. The summed E-state index contributed by atoms with van der Waals surface area (Å²) in [6.07, 6.45) is 2.22. The number of methoxy groups -OCH3 is 1. The van der Waals surface area contributed by atoms with Gasteiger partial charge in [0.1, 0.15) is 11.6 Å². The highest BCUT2D eigenvalue weighted by Gasteiger charge is 2.32. The molecule has 0 aliphatic carbocycles. The van der Waals surface area contributed by atoms with Crippen LogP contribution in [0.25, 0.3) is 0 Å². The molecule has 1 aliphatic heterocycles. The molecule has 1 saturated heterocycles. The van der Waals surface area contributed by atoms with Crippen LogP contribution in [0, 0.1) is 17.0 Å². The first kappa shape index (κ1) is 20.8. The lowest BCUT2D eigenvalue weighted by Crippen LogP contribution is -2.47. The molecule has 0 aromatic heterocycles. The molecular weight excluding hydrogens is 338 g/mol. The van der Waals surface area contributed by atoms with Gasteiger partial charge < -0.3 is 15.4 Å². The first-order chi connectivity index (χ1) is 11.0. The molecule has 1 fully saturated rings. The molecule has 1 heterocycles. The lowest BCUT2D eigenvalue weighted by Gasteiger charge is -2.37. The van der Waals surface area contributed by atoms with Crippen molar-refractivity contribution in [3.05, 3.63) is 35.4 Å². The summed E-state index contributed by atoms with van der Waals surface area (Å²) in [6.45, 7) is 2.97. The lowest BCUT2D eigenvalue weighted by atomic mass is 9.79. The topological polar surface area (TPSA) is 50.4 Å². The molecule has 1 aliphatic rings. The average Bonchev–Trinajstić information content (AvgIpc) is 2.55. The van der Waals surface area contributed by atoms with Crippen LogP contribution in [0.5, 0.6) is 0 Å². The SMILES string of the molecule is COCC1(CNC(=O)CCc2cc(F)ccc2F)CCNCC1.Cl. The van der Waals surface area contributed by atoms with Gasteiger partial charge in [-0.1, -0.05) is 0 Å². The van der Waals surface area contributed by atoms with Crippen molar-refractivity contribution in [2.75, 3.05) is 33.4 Å². The van der Waals surface area contributed by atoms with E-state index in [2.05, 4.69) is 10.6 Å². The van der Waals surface area contributed by atoms with Crippen LogP contribution in [0.3, 0.4) is 0 Å². The number of carbonyl (C=O) groups is 1. The van der Waals surface area contributed by atoms with Crippen molar-refractivity contribution in [1.82, 2.24) is 10.6 Å². The Labute approximate surface area is 147 Å². The van der Waals surface area contributed by atoms with Gasteiger partial charge in [-0.25, -0.2) is 8.78 Å². The number of ether oxygens (including phenoxy) is 1. The van der Waals surface area contributed by atoms with E-state index in [4.69, 9.17) is 4.74 Å². The maximum absolute atomic E-state index is 13.5. The maximum Gasteiger partial charge on any atom is 0.220 e. The molecule has 4 nitrogen and oxygen atoms in total. The zero-order valence-electron chi connectivity index (χ0n) is 13.9. The van der Waals surface area contributed by atoms with E-state index in [1.165, 1.54) is 0 Å². The predicted octanol–water partition coefficient (Wildman–Crippen LogP) is 2.45. The molecule has 0 spiro atoms. The molecule has 1 aromatic rings. The summed E-state index contributed by atoms with van der Waals surface area (Å²) in [4.78, 5) is 12.0. The van der Waals surface area contributed by atoms with Gasteiger partial charge in [-0.05, 0) is 56.1 Å². The van der Waals surface area contributed by atoms with E-state index < -0.39 is 11.6 Å². The predicted molar refractivity (Wildman–Crippen MR) is 91.3 cm³/mol. The van der Waals surface area contributed by atoms with Crippen LogP contribution in [0.1, 0.15) is 24.8 Å². The fraction of sp³-hybridized carbons (Fsp3) is 0.588. The quantitative estimate of drug-likeness (QED) is 0.783. The molecule has 2 N–H and O–H groups in total. The van der Waals surface area contributed by atoms with Crippen LogP contribution in [0.15, 0.2) is 18.2 Å². The van der Waals surface area contributed by atoms with Gasteiger partial charge in [0, 0.05) is 25.5 Å². The van der Waals surface area contributed by atoms with E-state index in [1.54, 1.807) is 7.11 Å². The number of rotatable bonds is 7. The summed E-state index contributed by atoms with van der Waals surface area (Å²) < 4.78 is 32.0. The normalized spacial score (nSPS) is 16.3. The van der Waals surface area contributed by atoms with Crippen LogP contribution in [-0.2, 0) is 16.0 Å². The largest absolute Gasteiger partial charge is 0.384 e. The van der Waals surface area contributed by atoms with Crippen molar-refractivity contribution in [2.24, 2.45) is 5.41 Å². The van der Waals surface area contributed by atoms with Gasteiger partial charge >= 0.3 is 0 Å². The fourth-order valence-corrected chi connectivity index (χ4v) is 2.99. The third-order valence-corrected chi connectivity index (χ3v) is 4.40. The van der Waals surface area contributed by atoms with E-state index in [-0.39, 0.29) is 42.1 Å². The van der Waals surface area contributed by atoms with Crippen LogP contribution < -0.4 is 10.6 Å². The van der Waals surface area contributed by atoms with E-state index in [0.29, 0.717) is 13.2 Å². The lowest BCUT2D eigenvalue weighted by molar-refractivity contribution is -0.122. The highest BCUT2D eigenvalue weighted by Crippen LogP contribution is 2.28. The van der Waals surface area contributed by atoms with E-state index in [0.717, 1.165) is 44.1 Å². The minimum atomic E-state index is -0.490. The number of carbonyl (C=O) groups excluding carboxylic acids is 1. The van der Waals surface area contributed by atoms with Crippen molar-refractivity contribution in [3.63, 3.8) is 0 Å². The number of amides is 1. The van der Waals surface area contributed by atoms with Crippen LogP contribution in [0.2, 0.25) is 0 Å². The second kappa shape index (κ2) is 9.91. The molecule has 0 bridgehead atoms. The number of hydrogen-bond acceptors (Lipinski definition) is 3. The number of nitrogens with one attached hydrogen (secondary N) is 2. The molecule has 2 rings (SSSR count). The molecular formula is C17H25ClF2N2O2. The zero-order chi connectivity index (χ0) is 16.7. The van der Waals surface area contributed by atoms with E-state index in [1.807, 2.05) is 0 Å². The van der Waals surface area contributed by atoms with Crippen molar-refractivity contribution in [3.8, 4) is 0 Å². The van der Waals surface area contributed by atoms with Crippen molar-refractivity contribution in [2.45, 2.75) is 25.7 Å². The zero-order valence-corrected chi connectivity index (χ0v) is 14.7. The fourth-order valence-electron chi connectivity index (χ4n) is 2.99. The molecule has 7 heteroatoms. The summed E-state index contributed by atoms with van der Waals surface area (Å²) in [6, 6.07) is 3.30. The second-order valence-corrected chi connectivity index (χ2v) is 6.20. The Bertz CT molecular complexity index is 532. The summed E-state index contributed by atoms with van der Waals surface area (Å²) in [5.41, 5.74) is 0.188. The van der Waals surface area contributed by atoms with Gasteiger partial charge in [0.2, 0.25) is 5.91 Å². The molecule has 1 amide bonds. The Balaban J connectivity index is 0.00000288. The van der Waals surface area contributed by atoms with Crippen LogP contribution in [-0.4, -0.2) is 39.3 Å². The number of piperidine rings is 1. The second-order valence-electron chi connectivity index (χ2n) is 6.20. The first-order valence-corrected chi connectivity index (χ1v) is 7.95. The monoisotopic (exact) mass is 362 g/mol. The minimum absolute atomic E-state index is 0.